The third kappa shape index (κ3) is 2.76. The summed E-state index contributed by atoms with van der Waals surface area (Å²) in [5.41, 5.74) is 0.186. The van der Waals surface area contributed by atoms with E-state index >= 15 is 0 Å². The second-order valence-electron chi connectivity index (χ2n) is 6.99. The van der Waals surface area contributed by atoms with Crippen LogP contribution in [0, 0.1) is 11.3 Å². The summed E-state index contributed by atoms with van der Waals surface area (Å²) < 4.78 is 5.88. The molecule has 22 heavy (non-hydrogen) atoms. The molecular formula is C17H27N3OS. The Labute approximate surface area is 137 Å². The van der Waals surface area contributed by atoms with Crippen LogP contribution in [-0.4, -0.2) is 50.3 Å². The molecular weight excluding hydrogens is 294 g/mol. The lowest BCUT2D eigenvalue weighted by atomic mass is 9.57. The van der Waals surface area contributed by atoms with Crippen molar-refractivity contribution in [3.05, 3.63) is 22.4 Å². The third-order valence-electron chi connectivity index (χ3n) is 5.23. The molecule has 1 saturated heterocycles. The lowest BCUT2D eigenvalue weighted by Crippen LogP contribution is -2.68. The summed E-state index contributed by atoms with van der Waals surface area (Å²) in [7, 11) is 4.00. The predicted octanol–water partition coefficient (Wildman–Crippen LogP) is 2.61. The summed E-state index contributed by atoms with van der Waals surface area (Å²) in [5.74, 6) is 1.64. The van der Waals surface area contributed by atoms with Gasteiger partial charge in [-0.2, -0.15) is 0 Å². The van der Waals surface area contributed by atoms with E-state index in [4.69, 9.17) is 4.74 Å². The van der Waals surface area contributed by atoms with E-state index in [1.165, 1.54) is 11.3 Å². The van der Waals surface area contributed by atoms with Crippen molar-refractivity contribution in [3.8, 4) is 0 Å². The molecule has 0 aromatic carbocycles. The Morgan fingerprint density at radius 3 is 3.05 bits per heavy atom. The average molecular weight is 321 g/mol. The summed E-state index contributed by atoms with van der Waals surface area (Å²) in [4.78, 5) is 8.14. The van der Waals surface area contributed by atoms with Gasteiger partial charge in [0.25, 0.3) is 0 Å². The van der Waals surface area contributed by atoms with Crippen molar-refractivity contribution in [2.24, 2.45) is 16.3 Å². The molecule has 1 aliphatic heterocycles. The second kappa shape index (κ2) is 6.20. The Morgan fingerprint density at radius 2 is 2.36 bits per heavy atom. The molecule has 0 radical (unpaired) electrons. The Hall–Kier alpha value is -1.07. The van der Waals surface area contributed by atoms with Crippen LogP contribution in [0.1, 0.15) is 25.1 Å². The first-order chi connectivity index (χ1) is 10.5. The molecule has 122 valence electrons. The van der Waals surface area contributed by atoms with Gasteiger partial charge in [0.15, 0.2) is 5.96 Å². The number of hydrogen-bond acceptors (Lipinski definition) is 3. The standard InChI is InChI=1S/C17H27N3OS/c1-17(2)14(13-8-10-21-15(13)17)19-16(18-3)20(4)9-7-12-6-5-11-22-12/h5-6,11,13-15H,7-10H2,1-4H3,(H,18,19). The van der Waals surface area contributed by atoms with Crippen LogP contribution >= 0.6 is 11.3 Å². The fourth-order valence-corrected chi connectivity index (χ4v) is 4.64. The number of nitrogens with zero attached hydrogens (tertiary/aromatic N) is 2. The van der Waals surface area contributed by atoms with Crippen LogP contribution in [0.2, 0.25) is 0 Å². The fraction of sp³-hybridized carbons (Fsp3) is 0.706. The minimum absolute atomic E-state index is 0.186. The maximum Gasteiger partial charge on any atom is 0.193 e. The van der Waals surface area contributed by atoms with Gasteiger partial charge in [0.1, 0.15) is 0 Å². The zero-order valence-electron chi connectivity index (χ0n) is 14.0. The molecule has 1 aromatic heterocycles. The minimum Gasteiger partial charge on any atom is -0.377 e. The van der Waals surface area contributed by atoms with Gasteiger partial charge in [-0.05, 0) is 24.3 Å². The maximum atomic E-state index is 5.88. The maximum absolute atomic E-state index is 5.88. The lowest BCUT2D eigenvalue weighted by Gasteiger charge is -2.55. The van der Waals surface area contributed by atoms with Crippen molar-refractivity contribution in [2.75, 3.05) is 27.2 Å². The topological polar surface area (TPSA) is 36.9 Å². The van der Waals surface area contributed by atoms with Crippen LogP contribution in [0.5, 0.6) is 0 Å². The first kappa shape index (κ1) is 15.8. The van der Waals surface area contributed by atoms with E-state index in [1.807, 2.05) is 18.4 Å². The van der Waals surface area contributed by atoms with Crippen LogP contribution < -0.4 is 5.32 Å². The number of ether oxygens (including phenoxy) is 1. The van der Waals surface area contributed by atoms with Crippen molar-refractivity contribution >= 4 is 17.3 Å². The number of rotatable bonds is 4. The Kier molecular flexibility index (Phi) is 4.46. The quantitative estimate of drug-likeness (QED) is 0.684. The van der Waals surface area contributed by atoms with Gasteiger partial charge in [0.05, 0.1) is 6.10 Å². The molecule has 1 saturated carbocycles. The molecule has 2 heterocycles. The SMILES string of the molecule is CN=C(NC1C2CCOC2C1(C)C)N(C)CCc1cccs1. The molecule has 4 nitrogen and oxygen atoms in total. The number of likely N-dealkylation sites (N-methyl/N-ethyl adjacent to an activating group) is 1. The Balaban J connectivity index is 1.57. The summed E-state index contributed by atoms with van der Waals surface area (Å²) in [5, 5.41) is 5.83. The summed E-state index contributed by atoms with van der Waals surface area (Å²) in [6.07, 6.45) is 2.65. The number of aliphatic imine (C=N–C) groups is 1. The predicted molar refractivity (Wildman–Crippen MR) is 92.6 cm³/mol. The molecule has 3 unspecified atom stereocenters. The summed E-state index contributed by atoms with van der Waals surface area (Å²) in [6, 6.07) is 4.77. The van der Waals surface area contributed by atoms with E-state index in [-0.39, 0.29) is 5.41 Å². The van der Waals surface area contributed by atoms with Crippen molar-refractivity contribution in [1.29, 1.82) is 0 Å². The highest BCUT2D eigenvalue weighted by Gasteiger charge is 2.59. The van der Waals surface area contributed by atoms with E-state index in [1.54, 1.807) is 0 Å². The zero-order valence-corrected chi connectivity index (χ0v) is 14.8. The van der Waals surface area contributed by atoms with Gasteiger partial charge in [0.2, 0.25) is 0 Å². The van der Waals surface area contributed by atoms with E-state index in [2.05, 4.69) is 53.6 Å². The summed E-state index contributed by atoms with van der Waals surface area (Å²) >= 11 is 1.82. The molecule has 0 bridgehead atoms. The number of nitrogens with one attached hydrogen (secondary N) is 1. The van der Waals surface area contributed by atoms with Crippen LogP contribution in [0.25, 0.3) is 0 Å². The molecule has 1 aromatic rings. The van der Waals surface area contributed by atoms with Gasteiger partial charge in [-0.3, -0.25) is 4.99 Å². The molecule has 2 aliphatic rings. The normalized spacial score (nSPS) is 29.8. The molecule has 1 aliphatic carbocycles. The summed E-state index contributed by atoms with van der Waals surface area (Å²) in [6.45, 7) is 6.49. The van der Waals surface area contributed by atoms with E-state index < -0.39 is 0 Å². The fourth-order valence-electron chi connectivity index (χ4n) is 3.94. The highest BCUT2D eigenvalue weighted by Crippen LogP contribution is 2.52. The van der Waals surface area contributed by atoms with Crippen LogP contribution in [0.3, 0.4) is 0 Å². The zero-order chi connectivity index (χ0) is 15.7. The number of guanidine groups is 1. The Bertz CT molecular complexity index is 526. The molecule has 0 amide bonds. The first-order valence-corrected chi connectivity index (χ1v) is 9.00. The van der Waals surface area contributed by atoms with E-state index in [0.717, 1.165) is 25.5 Å². The van der Waals surface area contributed by atoms with Crippen molar-refractivity contribution in [1.82, 2.24) is 10.2 Å². The minimum atomic E-state index is 0.186. The van der Waals surface area contributed by atoms with Gasteiger partial charge in [-0.15, -0.1) is 11.3 Å². The van der Waals surface area contributed by atoms with Gasteiger partial charge >= 0.3 is 0 Å². The van der Waals surface area contributed by atoms with Crippen molar-refractivity contribution in [2.45, 2.75) is 38.8 Å². The van der Waals surface area contributed by atoms with E-state index in [9.17, 15) is 0 Å². The van der Waals surface area contributed by atoms with Crippen LogP contribution in [0.4, 0.5) is 0 Å². The Morgan fingerprint density at radius 1 is 1.55 bits per heavy atom. The largest absolute Gasteiger partial charge is 0.377 e. The molecule has 1 N–H and O–H groups in total. The van der Waals surface area contributed by atoms with Crippen LogP contribution in [-0.2, 0) is 11.2 Å². The molecule has 3 atom stereocenters. The second-order valence-corrected chi connectivity index (χ2v) is 8.02. The van der Waals surface area contributed by atoms with E-state index in [0.29, 0.717) is 18.1 Å². The smallest absolute Gasteiger partial charge is 0.193 e. The van der Waals surface area contributed by atoms with Crippen molar-refractivity contribution in [3.63, 3.8) is 0 Å². The monoisotopic (exact) mass is 321 g/mol. The van der Waals surface area contributed by atoms with Crippen LogP contribution in [0.15, 0.2) is 22.5 Å². The first-order valence-electron chi connectivity index (χ1n) is 8.12. The van der Waals surface area contributed by atoms with Gasteiger partial charge in [0, 0.05) is 49.5 Å². The number of thiophene rings is 1. The molecule has 0 spiro atoms. The van der Waals surface area contributed by atoms with Gasteiger partial charge in [-0.1, -0.05) is 19.9 Å². The van der Waals surface area contributed by atoms with Crippen molar-refractivity contribution < 1.29 is 4.74 Å². The molecule has 5 heteroatoms. The van der Waals surface area contributed by atoms with Gasteiger partial charge in [-0.25, -0.2) is 0 Å². The molecule has 3 rings (SSSR count). The third-order valence-corrected chi connectivity index (χ3v) is 6.17. The van der Waals surface area contributed by atoms with Gasteiger partial charge < -0.3 is 15.0 Å². The molecule has 2 fully saturated rings. The highest BCUT2D eigenvalue weighted by atomic mass is 32.1. The lowest BCUT2D eigenvalue weighted by molar-refractivity contribution is -0.107. The number of fused-ring (bicyclic) bond motifs is 1. The average Bonchev–Trinajstić information content (AvgIpc) is 3.16. The highest BCUT2D eigenvalue weighted by molar-refractivity contribution is 7.09. The number of hydrogen-bond donors (Lipinski definition) is 1.